The fraction of sp³-hybridized carbons (Fsp3) is 0.450. The Bertz CT molecular complexity index is 1160. The van der Waals surface area contributed by atoms with Crippen LogP contribution in [0.2, 0.25) is 5.02 Å². The third-order valence-electron chi connectivity index (χ3n) is 5.04. The lowest BCUT2D eigenvalue weighted by Gasteiger charge is -2.24. The maximum absolute atomic E-state index is 13.3. The van der Waals surface area contributed by atoms with Gasteiger partial charge in [-0.25, -0.2) is 18.4 Å². The van der Waals surface area contributed by atoms with E-state index in [1.807, 2.05) is 0 Å². The highest BCUT2D eigenvalue weighted by Gasteiger charge is 2.35. The fourth-order valence-electron chi connectivity index (χ4n) is 3.26. The third kappa shape index (κ3) is 5.85. The second kappa shape index (κ2) is 11.6. The predicted octanol–water partition coefficient (Wildman–Crippen LogP) is 2.48. The maximum atomic E-state index is 13.3. The van der Waals surface area contributed by atoms with Crippen molar-refractivity contribution < 1.29 is 22.6 Å². The second-order valence-corrected chi connectivity index (χ2v) is 9.67. The molecule has 0 aromatic carbocycles. The van der Waals surface area contributed by atoms with Gasteiger partial charge in [-0.1, -0.05) is 11.6 Å². The monoisotopic (exact) mass is 511 g/mol. The molecule has 34 heavy (non-hydrogen) atoms. The lowest BCUT2D eigenvalue weighted by atomic mass is 10.2. The summed E-state index contributed by atoms with van der Waals surface area (Å²) in [5, 5.41) is 7.52. The molecular weight excluding hydrogens is 486 g/mol. The molecule has 0 aliphatic carbocycles. The Labute approximate surface area is 202 Å². The first-order valence-corrected chi connectivity index (χ1v) is 12.1. The van der Waals surface area contributed by atoms with E-state index >= 15 is 0 Å². The van der Waals surface area contributed by atoms with Crippen LogP contribution in [-0.2, 0) is 24.2 Å². The van der Waals surface area contributed by atoms with Gasteiger partial charge in [0.2, 0.25) is 16.0 Å². The molecule has 3 heterocycles. The molecule has 12 nitrogen and oxygen atoms in total. The number of nitrogens with zero attached hydrogens (tertiary/aromatic N) is 6. The highest BCUT2D eigenvalue weighted by molar-refractivity contribution is 7.93. The summed E-state index contributed by atoms with van der Waals surface area (Å²) in [6, 6.07) is 3.53. The van der Waals surface area contributed by atoms with E-state index in [2.05, 4.69) is 29.9 Å². The molecule has 1 N–H and O–H groups in total. The number of nitrogens with one attached hydrogen (secondary N) is 1. The molecule has 14 heteroatoms. The summed E-state index contributed by atoms with van der Waals surface area (Å²) in [5.74, 6) is 0.531. The number of anilines is 1. The largest absolute Gasteiger partial charge is 0.385 e. The summed E-state index contributed by atoms with van der Waals surface area (Å²) in [7, 11) is 0.400. The quantitative estimate of drug-likeness (QED) is 0.385. The third-order valence-corrected chi connectivity index (χ3v) is 6.93. The van der Waals surface area contributed by atoms with Crippen molar-refractivity contribution in [2.75, 3.05) is 32.7 Å². The number of hydrogen-bond acceptors (Lipinski definition) is 10. The summed E-state index contributed by atoms with van der Waals surface area (Å²) in [5.41, 5.74) is 0.636. The Balaban J connectivity index is 1.98. The number of rotatable bonds is 12. The Morgan fingerprint density at radius 1 is 1.12 bits per heavy atom. The molecule has 0 spiro atoms. The highest BCUT2D eigenvalue weighted by atomic mass is 35.5. The summed E-state index contributed by atoms with van der Waals surface area (Å²) in [6.45, 7) is 1.85. The smallest absolute Gasteiger partial charge is 0.240 e. The summed E-state index contributed by atoms with van der Waals surface area (Å²) in [6.07, 6.45) is 4.81. The Morgan fingerprint density at radius 2 is 1.85 bits per heavy atom. The SMILES string of the molecule is COCCC(OC)n1c(NS(=O)(=O)[C@@H](C)[C@H](OC)c2ncc(Cl)cn2)nnc1-c1cccnc1. The average molecular weight is 512 g/mol. The van der Waals surface area contributed by atoms with Crippen LogP contribution in [0.1, 0.15) is 31.5 Å². The lowest BCUT2D eigenvalue weighted by molar-refractivity contribution is 0.0189. The van der Waals surface area contributed by atoms with Crippen molar-refractivity contribution in [2.45, 2.75) is 30.9 Å². The van der Waals surface area contributed by atoms with Crippen LogP contribution in [0.5, 0.6) is 0 Å². The first kappa shape index (κ1) is 25.9. The van der Waals surface area contributed by atoms with Crippen LogP contribution in [0.3, 0.4) is 0 Å². The molecule has 0 aliphatic rings. The molecule has 0 saturated carbocycles. The normalized spacial score (nSPS) is 14.5. The number of aromatic nitrogens is 6. The van der Waals surface area contributed by atoms with E-state index in [1.165, 1.54) is 33.5 Å². The van der Waals surface area contributed by atoms with Crippen molar-refractivity contribution in [1.82, 2.24) is 29.7 Å². The average Bonchev–Trinajstić information content (AvgIpc) is 3.24. The van der Waals surface area contributed by atoms with Gasteiger partial charge in [0.1, 0.15) is 17.6 Å². The van der Waals surface area contributed by atoms with Crippen molar-refractivity contribution in [3.05, 3.63) is 47.8 Å². The van der Waals surface area contributed by atoms with E-state index in [1.54, 1.807) is 36.2 Å². The zero-order valence-electron chi connectivity index (χ0n) is 19.1. The van der Waals surface area contributed by atoms with Gasteiger partial charge in [0.15, 0.2) is 11.6 Å². The van der Waals surface area contributed by atoms with Crippen LogP contribution in [0.4, 0.5) is 5.95 Å². The summed E-state index contributed by atoms with van der Waals surface area (Å²) < 4.78 is 46.9. The van der Waals surface area contributed by atoms with Gasteiger partial charge in [-0.05, 0) is 19.1 Å². The van der Waals surface area contributed by atoms with E-state index < -0.39 is 27.6 Å². The van der Waals surface area contributed by atoms with E-state index in [9.17, 15) is 8.42 Å². The minimum Gasteiger partial charge on any atom is -0.385 e. The first-order chi connectivity index (χ1) is 16.3. The number of hydrogen-bond donors (Lipinski definition) is 1. The number of pyridine rings is 1. The van der Waals surface area contributed by atoms with Crippen molar-refractivity contribution >= 4 is 27.6 Å². The van der Waals surface area contributed by atoms with Crippen LogP contribution in [0.15, 0.2) is 36.9 Å². The minimum absolute atomic E-state index is 0.0273. The van der Waals surface area contributed by atoms with E-state index in [0.717, 1.165) is 0 Å². The zero-order chi connectivity index (χ0) is 24.7. The highest BCUT2D eigenvalue weighted by Crippen LogP contribution is 2.29. The van der Waals surface area contributed by atoms with Crippen LogP contribution in [0.25, 0.3) is 11.4 Å². The van der Waals surface area contributed by atoms with Crippen molar-refractivity contribution in [1.29, 1.82) is 0 Å². The molecule has 3 aromatic heterocycles. The fourth-order valence-corrected chi connectivity index (χ4v) is 4.49. The van der Waals surface area contributed by atoms with Crippen LogP contribution in [0, 0.1) is 0 Å². The molecule has 0 radical (unpaired) electrons. The van der Waals surface area contributed by atoms with Crippen molar-refractivity contribution in [3.8, 4) is 11.4 Å². The van der Waals surface area contributed by atoms with Gasteiger partial charge in [0.25, 0.3) is 0 Å². The molecule has 3 atom stereocenters. The van der Waals surface area contributed by atoms with Crippen molar-refractivity contribution in [3.63, 3.8) is 0 Å². The van der Waals surface area contributed by atoms with E-state index in [0.29, 0.717) is 29.4 Å². The topological polar surface area (TPSA) is 143 Å². The van der Waals surface area contributed by atoms with Gasteiger partial charge in [0, 0.05) is 58.1 Å². The number of methoxy groups -OCH3 is 3. The van der Waals surface area contributed by atoms with Gasteiger partial charge in [-0.15, -0.1) is 10.2 Å². The molecule has 1 unspecified atom stereocenters. The van der Waals surface area contributed by atoms with Crippen LogP contribution in [-0.4, -0.2) is 71.3 Å². The molecule has 184 valence electrons. The molecular formula is C20H26ClN7O5S. The Hall–Kier alpha value is -2.71. The summed E-state index contributed by atoms with van der Waals surface area (Å²) in [4.78, 5) is 12.3. The van der Waals surface area contributed by atoms with Gasteiger partial charge in [-0.3, -0.25) is 14.3 Å². The lowest BCUT2D eigenvalue weighted by Crippen LogP contribution is -2.34. The maximum Gasteiger partial charge on any atom is 0.240 e. The van der Waals surface area contributed by atoms with Crippen molar-refractivity contribution in [2.24, 2.45) is 0 Å². The van der Waals surface area contributed by atoms with Crippen LogP contribution >= 0.6 is 11.6 Å². The molecule has 3 aromatic rings. The first-order valence-electron chi connectivity index (χ1n) is 10.2. The predicted molar refractivity (Wildman–Crippen MR) is 125 cm³/mol. The number of sulfonamides is 1. The Kier molecular flexibility index (Phi) is 8.85. The van der Waals surface area contributed by atoms with Gasteiger partial charge in [-0.2, -0.15) is 0 Å². The molecule has 0 amide bonds. The van der Waals surface area contributed by atoms with E-state index in [4.69, 9.17) is 25.8 Å². The van der Waals surface area contributed by atoms with Gasteiger partial charge < -0.3 is 14.2 Å². The number of ether oxygens (including phenoxy) is 3. The molecule has 0 bridgehead atoms. The van der Waals surface area contributed by atoms with Crippen LogP contribution < -0.4 is 4.72 Å². The van der Waals surface area contributed by atoms with Gasteiger partial charge >= 0.3 is 0 Å². The van der Waals surface area contributed by atoms with Gasteiger partial charge in [0.05, 0.1) is 11.6 Å². The standard InChI is InChI=1S/C20H26ClN7O5S/c1-13(17(33-4)18-23-11-15(21)12-24-18)34(29,30)27-20-26-25-19(14-6-5-8-22-10-14)28(20)16(32-3)7-9-31-2/h5-6,8,10-13,16-17H,7,9H2,1-4H3,(H,26,27)/t13-,16?,17-/m0/s1. The minimum atomic E-state index is -4.05. The molecule has 3 rings (SSSR count). The summed E-state index contributed by atoms with van der Waals surface area (Å²) >= 11 is 5.85. The Morgan fingerprint density at radius 3 is 2.44 bits per heavy atom. The molecule has 0 aliphatic heterocycles. The number of halogens is 1. The second-order valence-electron chi connectivity index (χ2n) is 7.20. The zero-order valence-corrected chi connectivity index (χ0v) is 20.7. The molecule has 0 fully saturated rings. The molecule has 0 saturated heterocycles. The van der Waals surface area contributed by atoms with E-state index in [-0.39, 0.29) is 11.8 Å².